The van der Waals surface area contributed by atoms with E-state index in [1.807, 2.05) is 25.1 Å². The molecule has 1 amide bonds. The van der Waals surface area contributed by atoms with Crippen molar-refractivity contribution in [2.45, 2.75) is 30.1 Å². The van der Waals surface area contributed by atoms with Gasteiger partial charge < -0.3 is 10.1 Å². The highest BCUT2D eigenvalue weighted by Crippen LogP contribution is 2.26. The van der Waals surface area contributed by atoms with Gasteiger partial charge in [-0.1, -0.05) is 36.9 Å². The summed E-state index contributed by atoms with van der Waals surface area (Å²) in [5.74, 6) is -2.11. The predicted octanol–water partition coefficient (Wildman–Crippen LogP) is 4.80. The molecule has 0 aliphatic carbocycles. The van der Waals surface area contributed by atoms with Crippen molar-refractivity contribution < 1.29 is 18.3 Å². The zero-order chi connectivity index (χ0) is 16.7. The second-order valence-electron chi connectivity index (χ2n) is 4.72. The van der Waals surface area contributed by atoms with Gasteiger partial charge in [0, 0.05) is 10.6 Å². The number of hydrogen-bond acceptors (Lipinski definition) is 3. The van der Waals surface area contributed by atoms with Gasteiger partial charge in [0.2, 0.25) is 0 Å². The molecule has 2 aromatic carbocycles. The molecule has 0 fully saturated rings. The number of thioether (sulfide) groups is 1. The van der Waals surface area contributed by atoms with Crippen LogP contribution in [0.25, 0.3) is 0 Å². The molecule has 0 saturated carbocycles. The number of halogens is 2. The molecule has 23 heavy (non-hydrogen) atoms. The van der Waals surface area contributed by atoms with Crippen molar-refractivity contribution in [3.8, 4) is 5.75 Å². The van der Waals surface area contributed by atoms with E-state index in [9.17, 15) is 13.6 Å². The van der Waals surface area contributed by atoms with Gasteiger partial charge in [-0.2, -0.15) is 8.78 Å². The summed E-state index contributed by atoms with van der Waals surface area (Å²) in [6.45, 7) is 1.86. The lowest BCUT2D eigenvalue weighted by atomic mass is 10.2. The molecular weight excluding hydrogens is 320 g/mol. The van der Waals surface area contributed by atoms with E-state index in [-0.39, 0.29) is 5.91 Å². The normalized spacial score (nSPS) is 12.0. The van der Waals surface area contributed by atoms with Crippen molar-refractivity contribution in [1.29, 1.82) is 0 Å². The first-order valence-corrected chi connectivity index (χ1v) is 8.04. The molecule has 0 aliphatic heterocycles. The van der Waals surface area contributed by atoms with Crippen LogP contribution in [0.2, 0.25) is 0 Å². The minimum absolute atomic E-state index is 0.273. The number of ether oxygens (including phenoxy) is 1. The molecule has 2 rings (SSSR count). The van der Waals surface area contributed by atoms with Crippen molar-refractivity contribution in [1.82, 2.24) is 0 Å². The van der Waals surface area contributed by atoms with Crippen LogP contribution in [0.3, 0.4) is 0 Å². The molecule has 0 aliphatic rings. The molecule has 122 valence electrons. The van der Waals surface area contributed by atoms with Crippen LogP contribution in [0.5, 0.6) is 5.75 Å². The average Bonchev–Trinajstić information content (AvgIpc) is 2.55. The van der Waals surface area contributed by atoms with Crippen molar-refractivity contribution in [2.75, 3.05) is 5.32 Å². The third-order valence-electron chi connectivity index (χ3n) is 3.03. The molecular formula is C17H17F2NO2S. The maximum atomic E-state index is 12.3. The van der Waals surface area contributed by atoms with Crippen molar-refractivity contribution in [2.24, 2.45) is 0 Å². The lowest BCUT2D eigenvalue weighted by Crippen LogP contribution is -2.32. The van der Waals surface area contributed by atoms with E-state index in [4.69, 9.17) is 4.74 Å². The van der Waals surface area contributed by atoms with E-state index < -0.39 is 11.9 Å². The molecule has 0 aromatic heterocycles. The van der Waals surface area contributed by atoms with E-state index in [0.717, 1.165) is 0 Å². The largest absolute Gasteiger partial charge is 0.481 e. The minimum Gasteiger partial charge on any atom is -0.481 e. The van der Waals surface area contributed by atoms with Crippen LogP contribution in [0.15, 0.2) is 59.5 Å². The van der Waals surface area contributed by atoms with Gasteiger partial charge in [-0.3, -0.25) is 4.79 Å². The maximum absolute atomic E-state index is 12.3. The zero-order valence-electron chi connectivity index (χ0n) is 12.5. The Bertz CT molecular complexity index is 620. The molecule has 6 heteroatoms. The smallest absolute Gasteiger partial charge is 0.288 e. The fourth-order valence-corrected chi connectivity index (χ4v) is 2.43. The first-order chi connectivity index (χ1) is 11.1. The van der Waals surface area contributed by atoms with Crippen molar-refractivity contribution in [3.05, 3.63) is 54.6 Å². The van der Waals surface area contributed by atoms with Gasteiger partial charge in [0.25, 0.3) is 11.7 Å². The fraction of sp³-hybridized carbons (Fsp3) is 0.235. The van der Waals surface area contributed by atoms with E-state index in [1.54, 1.807) is 36.4 Å². The molecule has 0 spiro atoms. The number of carbonyl (C=O) groups is 1. The molecule has 1 N–H and O–H groups in total. The number of amides is 1. The van der Waals surface area contributed by atoms with Crippen LogP contribution in [-0.2, 0) is 4.79 Å². The van der Waals surface area contributed by atoms with Gasteiger partial charge in [0.15, 0.2) is 6.10 Å². The first-order valence-electron chi connectivity index (χ1n) is 7.16. The van der Waals surface area contributed by atoms with Crippen LogP contribution >= 0.6 is 11.8 Å². The van der Waals surface area contributed by atoms with E-state index in [0.29, 0.717) is 34.5 Å². The number of hydrogen-bond donors (Lipinski definition) is 1. The lowest BCUT2D eigenvalue weighted by Gasteiger charge is -2.17. The van der Waals surface area contributed by atoms with Crippen LogP contribution in [-0.4, -0.2) is 17.8 Å². The minimum atomic E-state index is -2.46. The monoisotopic (exact) mass is 337 g/mol. The molecule has 0 radical (unpaired) electrons. The number of rotatable bonds is 7. The summed E-state index contributed by atoms with van der Waals surface area (Å²) in [4.78, 5) is 12.7. The number of anilines is 1. The number of para-hydroxylation sites is 1. The predicted molar refractivity (Wildman–Crippen MR) is 88.1 cm³/mol. The first kappa shape index (κ1) is 17.3. The van der Waals surface area contributed by atoms with E-state index in [1.165, 1.54) is 0 Å². The van der Waals surface area contributed by atoms with Crippen LogP contribution in [0.4, 0.5) is 14.5 Å². The van der Waals surface area contributed by atoms with E-state index in [2.05, 4.69) is 5.32 Å². The van der Waals surface area contributed by atoms with Crippen LogP contribution in [0, 0.1) is 0 Å². The number of benzene rings is 2. The van der Waals surface area contributed by atoms with Crippen LogP contribution in [0.1, 0.15) is 13.3 Å². The summed E-state index contributed by atoms with van der Waals surface area (Å²) in [6.07, 6.45) is -0.104. The second kappa shape index (κ2) is 8.53. The summed E-state index contributed by atoms with van der Waals surface area (Å²) in [7, 11) is 0. The Morgan fingerprint density at radius 2 is 1.78 bits per heavy atom. The van der Waals surface area contributed by atoms with Gasteiger partial charge in [0.1, 0.15) is 5.75 Å². The average molecular weight is 337 g/mol. The summed E-state index contributed by atoms with van der Waals surface area (Å²) < 4.78 is 30.2. The molecule has 0 bridgehead atoms. The Morgan fingerprint density at radius 1 is 1.13 bits per heavy atom. The summed E-state index contributed by atoms with van der Waals surface area (Å²) >= 11 is 0.468. The molecule has 0 saturated heterocycles. The Balaban J connectivity index is 1.96. The second-order valence-corrected chi connectivity index (χ2v) is 5.78. The number of carbonyl (C=O) groups excluding carboxylic acids is 1. The third-order valence-corrected chi connectivity index (χ3v) is 3.75. The van der Waals surface area contributed by atoms with Crippen molar-refractivity contribution >= 4 is 23.4 Å². The topological polar surface area (TPSA) is 38.3 Å². The Labute approximate surface area is 138 Å². The van der Waals surface area contributed by atoms with Gasteiger partial charge >= 0.3 is 0 Å². The summed E-state index contributed by atoms with van der Waals surface area (Å²) in [6, 6.07) is 15.4. The highest BCUT2D eigenvalue weighted by molar-refractivity contribution is 7.99. The number of nitrogens with one attached hydrogen (secondary N) is 1. The molecule has 2 aromatic rings. The quantitative estimate of drug-likeness (QED) is 0.738. The van der Waals surface area contributed by atoms with Gasteiger partial charge in [0.05, 0.1) is 0 Å². The number of alkyl halides is 2. The molecule has 0 unspecified atom stereocenters. The highest BCUT2D eigenvalue weighted by atomic mass is 32.2. The SMILES string of the molecule is CC[C@H](Oc1ccccc1)C(=O)Nc1ccc(SC(F)F)cc1. The van der Waals surface area contributed by atoms with E-state index >= 15 is 0 Å². The lowest BCUT2D eigenvalue weighted by molar-refractivity contribution is -0.122. The fourth-order valence-electron chi connectivity index (χ4n) is 1.93. The summed E-state index contributed by atoms with van der Waals surface area (Å²) in [5.41, 5.74) is 0.545. The molecule has 3 nitrogen and oxygen atoms in total. The summed E-state index contributed by atoms with van der Waals surface area (Å²) in [5, 5.41) is 2.73. The standard InChI is InChI=1S/C17H17F2NO2S/c1-2-15(22-13-6-4-3-5-7-13)16(21)20-12-8-10-14(11-9-12)23-17(18)19/h3-11,15,17H,2H2,1H3,(H,20,21)/t15-/m0/s1. The molecule has 1 atom stereocenters. The van der Waals surface area contributed by atoms with Crippen LogP contribution < -0.4 is 10.1 Å². The molecule has 0 heterocycles. The van der Waals surface area contributed by atoms with Gasteiger partial charge in [-0.25, -0.2) is 0 Å². The van der Waals surface area contributed by atoms with Gasteiger partial charge in [-0.15, -0.1) is 0 Å². The highest BCUT2D eigenvalue weighted by Gasteiger charge is 2.18. The van der Waals surface area contributed by atoms with Gasteiger partial charge in [-0.05, 0) is 42.8 Å². The Hall–Kier alpha value is -2.08. The zero-order valence-corrected chi connectivity index (χ0v) is 13.4. The Kier molecular flexibility index (Phi) is 6.40. The van der Waals surface area contributed by atoms with Crippen molar-refractivity contribution in [3.63, 3.8) is 0 Å². The maximum Gasteiger partial charge on any atom is 0.288 e. The third kappa shape index (κ3) is 5.56. The Morgan fingerprint density at radius 3 is 2.35 bits per heavy atom.